The molecule has 1 N–H and O–H groups in total. The van der Waals surface area contributed by atoms with Crippen molar-refractivity contribution < 1.29 is 17.9 Å². The summed E-state index contributed by atoms with van der Waals surface area (Å²) >= 11 is 0. The van der Waals surface area contributed by atoms with E-state index in [9.17, 15) is 13.2 Å². The Labute approximate surface area is 175 Å². The van der Waals surface area contributed by atoms with Gasteiger partial charge in [0.05, 0.1) is 5.75 Å². The van der Waals surface area contributed by atoms with Gasteiger partial charge in [0.1, 0.15) is 11.4 Å². The lowest BCUT2D eigenvalue weighted by molar-refractivity contribution is -0.122. The van der Waals surface area contributed by atoms with Gasteiger partial charge in [-0.25, -0.2) is 12.7 Å². The van der Waals surface area contributed by atoms with E-state index in [1.165, 1.54) is 0 Å². The number of amides is 1. The van der Waals surface area contributed by atoms with Gasteiger partial charge in [-0.2, -0.15) is 0 Å². The third kappa shape index (κ3) is 5.31. The van der Waals surface area contributed by atoms with Gasteiger partial charge in [0, 0.05) is 44.3 Å². The molecule has 1 saturated heterocycles. The molecule has 0 radical (unpaired) electrons. The Kier molecular flexibility index (Phi) is 6.89. The van der Waals surface area contributed by atoms with Crippen LogP contribution < -0.4 is 10.1 Å². The molecule has 0 aromatic heterocycles. The molecule has 2 aliphatic heterocycles. The number of hydrogen-bond donors (Lipinski definition) is 1. The number of hydrogen-bond acceptors (Lipinski definition) is 4. The largest absolute Gasteiger partial charge is 0.487 e. The Hall–Kier alpha value is -1.60. The van der Waals surface area contributed by atoms with Gasteiger partial charge in [0.15, 0.2) is 0 Å². The number of carbonyl (C=O) groups excluding carboxylic acids is 1. The first kappa shape index (κ1) is 22.1. The van der Waals surface area contributed by atoms with Crippen LogP contribution in [0.1, 0.15) is 70.8 Å². The van der Waals surface area contributed by atoms with E-state index in [0.717, 1.165) is 24.2 Å². The summed E-state index contributed by atoms with van der Waals surface area (Å²) in [6.07, 6.45) is 4.07. The van der Waals surface area contributed by atoms with Gasteiger partial charge in [0.2, 0.25) is 15.9 Å². The molecule has 6 nitrogen and oxygen atoms in total. The number of fused-ring (bicyclic) bond motifs is 1. The van der Waals surface area contributed by atoms with Crippen molar-refractivity contribution in [2.24, 2.45) is 0 Å². The minimum absolute atomic E-state index is 0.0523. The fraction of sp³-hybridized carbons (Fsp3) is 0.682. The summed E-state index contributed by atoms with van der Waals surface area (Å²) in [5.41, 5.74) is 0.684. The molecule has 0 bridgehead atoms. The van der Waals surface area contributed by atoms with Crippen LogP contribution in [0, 0.1) is 0 Å². The number of piperidine rings is 1. The number of para-hydroxylation sites is 1. The van der Waals surface area contributed by atoms with E-state index in [1.807, 2.05) is 45.0 Å². The van der Waals surface area contributed by atoms with Gasteiger partial charge in [-0.15, -0.1) is 0 Å². The first-order chi connectivity index (χ1) is 13.7. The van der Waals surface area contributed by atoms with E-state index in [4.69, 9.17) is 4.74 Å². The molecule has 162 valence electrons. The van der Waals surface area contributed by atoms with Crippen LogP contribution in [0.4, 0.5) is 0 Å². The van der Waals surface area contributed by atoms with Crippen molar-refractivity contribution in [1.29, 1.82) is 0 Å². The van der Waals surface area contributed by atoms with Crippen molar-refractivity contribution in [2.75, 3.05) is 18.8 Å². The smallest absolute Gasteiger partial charge is 0.220 e. The van der Waals surface area contributed by atoms with Crippen LogP contribution in [-0.2, 0) is 14.8 Å². The van der Waals surface area contributed by atoms with Gasteiger partial charge >= 0.3 is 0 Å². The lowest BCUT2D eigenvalue weighted by Crippen LogP contribution is -2.52. The predicted molar refractivity (Wildman–Crippen MR) is 115 cm³/mol. The number of nitrogens with one attached hydrogen (secondary N) is 1. The fourth-order valence-corrected chi connectivity index (χ4v) is 6.12. The van der Waals surface area contributed by atoms with Crippen LogP contribution in [0.15, 0.2) is 24.3 Å². The van der Waals surface area contributed by atoms with E-state index >= 15 is 0 Å². The van der Waals surface area contributed by atoms with Crippen LogP contribution in [0.5, 0.6) is 5.75 Å². The quantitative estimate of drug-likeness (QED) is 0.730. The third-order valence-corrected chi connectivity index (χ3v) is 7.92. The maximum absolute atomic E-state index is 12.6. The summed E-state index contributed by atoms with van der Waals surface area (Å²) in [7, 11) is -3.19. The zero-order valence-electron chi connectivity index (χ0n) is 17.8. The van der Waals surface area contributed by atoms with Crippen molar-refractivity contribution in [1.82, 2.24) is 9.62 Å². The highest BCUT2D eigenvalue weighted by atomic mass is 32.2. The van der Waals surface area contributed by atoms with Crippen molar-refractivity contribution in [3.63, 3.8) is 0 Å². The second-order valence-electron chi connectivity index (χ2n) is 8.72. The highest BCUT2D eigenvalue weighted by Gasteiger charge is 2.45. The molecule has 29 heavy (non-hydrogen) atoms. The highest BCUT2D eigenvalue weighted by Crippen LogP contribution is 2.46. The van der Waals surface area contributed by atoms with Gasteiger partial charge in [0.25, 0.3) is 0 Å². The van der Waals surface area contributed by atoms with Gasteiger partial charge in [-0.1, -0.05) is 31.5 Å². The normalized spacial score (nSPS) is 21.6. The van der Waals surface area contributed by atoms with Crippen LogP contribution in [0.25, 0.3) is 0 Å². The van der Waals surface area contributed by atoms with Gasteiger partial charge < -0.3 is 10.1 Å². The fourth-order valence-electron chi connectivity index (χ4n) is 4.47. The van der Waals surface area contributed by atoms with Gasteiger partial charge in [-0.05, 0) is 38.3 Å². The standard InChI is InChI=1S/C22H34N2O4S/c1-4-5-14-29(26,27)24-12-10-22(11-13-24)16-18(15-21(25)23-17(2)3)19-8-6-7-9-20(19)28-22/h6-9,17-18H,4-5,10-16H2,1-3H3,(H,23,25). The second kappa shape index (κ2) is 9.04. The average Bonchev–Trinajstić information content (AvgIpc) is 2.66. The lowest BCUT2D eigenvalue weighted by atomic mass is 9.76. The molecular weight excluding hydrogens is 388 g/mol. The van der Waals surface area contributed by atoms with Crippen molar-refractivity contribution in [3.05, 3.63) is 29.8 Å². The summed E-state index contributed by atoms with van der Waals surface area (Å²) in [6, 6.07) is 8.06. The number of carbonyl (C=O) groups is 1. The first-order valence-electron chi connectivity index (χ1n) is 10.8. The van der Waals surface area contributed by atoms with E-state index in [0.29, 0.717) is 38.8 Å². The molecule has 1 fully saturated rings. The molecular formula is C22H34N2O4S. The van der Waals surface area contributed by atoms with Crippen LogP contribution in [0.2, 0.25) is 0 Å². The minimum atomic E-state index is -3.19. The summed E-state index contributed by atoms with van der Waals surface area (Å²) in [4.78, 5) is 12.4. The van der Waals surface area contributed by atoms with E-state index in [1.54, 1.807) is 4.31 Å². The zero-order valence-corrected chi connectivity index (χ0v) is 18.6. The molecule has 0 saturated carbocycles. The molecule has 7 heteroatoms. The molecule has 1 amide bonds. The Morgan fingerprint density at radius 3 is 2.62 bits per heavy atom. The molecule has 1 spiro atoms. The first-order valence-corrected chi connectivity index (χ1v) is 12.4. The highest BCUT2D eigenvalue weighted by molar-refractivity contribution is 7.89. The number of unbranched alkanes of at least 4 members (excludes halogenated alkanes) is 1. The Morgan fingerprint density at radius 1 is 1.28 bits per heavy atom. The number of ether oxygens (including phenoxy) is 1. The van der Waals surface area contributed by atoms with E-state index < -0.39 is 15.6 Å². The van der Waals surface area contributed by atoms with Crippen LogP contribution in [0.3, 0.4) is 0 Å². The van der Waals surface area contributed by atoms with Crippen molar-refractivity contribution in [2.45, 2.75) is 76.9 Å². The molecule has 1 aromatic rings. The molecule has 0 aliphatic carbocycles. The van der Waals surface area contributed by atoms with Crippen molar-refractivity contribution in [3.8, 4) is 5.75 Å². The molecule has 3 rings (SSSR count). The van der Waals surface area contributed by atoms with Crippen molar-refractivity contribution >= 4 is 15.9 Å². The zero-order chi connectivity index (χ0) is 21.1. The molecule has 1 aromatic carbocycles. The topological polar surface area (TPSA) is 75.7 Å². The SMILES string of the molecule is CCCCS(=O)(=O)N1CCC2(CC1)CC(CC(=O)NC(C)C)c1ccccc1O2. The summed E-state index contributed by atoms with van der Waals surface area (Å²) < 4.78 is 33.2. The van der Waals surface area contributed by atoms with E-state index in [2.05, 4.69) is 5.32 Å². The van der Waals surface area contributed by atoms with Crippen LogP contribution >= 0.6 is 0 Å². The minimum Gasteiger partial charge on any atom is -0.487 e. The molecule has 1 atom stereocenters. The number of rotatable bonds is 7. The third-order valence-electron chi connectivity index (χ3n) is 5.97. The van der Waals surface area contributed by atoms with Crippen LogP contribution in [-0.4, -0.2) is 49.1 Å². The molecule has 1 unspecified atom stereocenters. The molecule has 2 aliphatic rings. The maximum Gasteiger partial charge on any atom is 0.220 e. The Balaban J connectivity index is 1.74. The lowest BCUT2D eigenvalue weighted by Gasteiger charge is -2.46. The molecule has 2 heterocycles. The maximum atomic E-state index is 12.6. The predicted octanol–water partition coefficient (Wildman–Crippen LogP) is 3.43. The van der Waals surface area contributed by atoms with E-state index in [-0.39, 0.29) is 23.6 Å². The number of sulfonamides is 1. The second-order valence-corrected chi connectivity index (χ2v) is 10.8. The number of benzene rings is 1. The number of nitrogens with zero attached hydrogens (tertiary/aromatic N) is 1. The Morgan fingerprint density at radius 2 is 1.97 bits per heavy atom. The summed E-state index contributed by atoms with van der Waals surface area (Å²) in [5, 5.41) is 2.99. The summed E-state index contributed by atoms with van der Waals surface area (Å²) in [5.74, 6) is 1.19. The Bertz CT molecular complexity index is 814. The van der Waals surface area contributed by atoms with Gasteiger partial charge in [-0.3, -0.25) is 4.79 Å². The summed E-state index contributed by atoms with van der Waals surface area (Å²) in [6.45, 7) is 6.90. The average molecular weight is 423 g/mol. The monoisotopic (exact) mass is 422 g/mol.